The highest BCUT2D eigenvalue weighted by Crippen LogP contribution is 2.30. The fraction of sp³-hybridized carbons (Fsp3) is 0.286. The Morgan fingerprint density at radius 1 is 1.24 bits per heavy atom. The number of carbonyl (C=O) groups excluding carboxylic acids is 2. The van der Waals surface area contributed by atoms with E-state index < -0.39 is 18.0 Å². The van der Waals surface area contributed by atoms with Crippen LogP contribution in [0.15, 0.2) is 35.1 Å². The molecule has 0 saturated carbocycles. The number of ether oxygens (including phenoxy) is 1. The maximum atomic E-state index is 12.4. The number of amides is 1. The molecule has 6 nitrogen and oxygen atoms in total. The van der Waals surface area contributed by atoms with Gasteiger partial charge in [0.15, 0.2) is 11.9 Å². The highest BCUT2D eigenvalue weighted by molar-refractivity contribution is 6.36. The van der Waals surface area contributed by atoms with Crippen LogP contribution in [0, 0.1) is 0 Å². The SMILES string of the molecule is C[C@H](OC(=O)Cc1coc2cc3c(cc12)CCC3)C(=O)Nc1ncc(Cl)cc1Cl. The molecule has 1 aliphatic rings. The lowest BCUT2D eigenvalue weighted by Crippen LogP contribution is -2.30. The first-order chi connectivity index (χ1) is 13.9. The first-order valence-electron chi connectivity index (χ1n) is 9.24. The number of benzene rings is 1. The quantitative estimate of drug-likeness (QED) is 0.588. The second-order valence-corrected chi connectivity index (χ2v) is 7.86. The minimum absolute atomic E-state index is 0.0172. The third-order valence-electron chi connectivity index (χ3n) is 4.93. The van der Waals surface area contributed by atoms with Crippen molar-refractivity contribution in [2.24, 2.45) is 0 Å². The normalized spacial score (nSPS) is 13.9. The minimum atomic E-state index is -1.02. The van der Waals surface area contributed by atoms with Crippen molar-refractivity contribution in [3.8, 4) is 0 Å². The van der Waals surface area contributed by atoms with Crippen LogP contribution in [0.3, 0.4) is 0 Å². The average molecular weight is 433 g/mol. The van der Waals surface area contributed by atoms with Crippen molar-refractivity contribution in [1.82, 2.24) is 4.98 Å². The molecule has 29 heavy (non-hydrogen) atoms. The van der Waals surface area contributed by atoms with E-state index in [1.807, 2.05) is 6.07 Å². The lowest BCUT2D eigenvalue weighted by Gasteiger charge is -2.13. The third-order valence-corrected chi connectivity index (χ3v) is 5.42. The van der Waals surface area contributed by atoms with E-state index in [1.54, 1.807) is 6.26 Å². The molecule has 0 fully saturated rings. The van der Waals surface area contributed by atoms with Crippen LogP contribution in [0.25, 0.3) is 11.0 Å². The summed E-state index contributed by atoms with van der Waals surface area (Å²) in [5.74, 6) is -0.908. The Kier molecular flexibility index (Phi) is 5.48. The number of esters is 1. The molecule has 1 amide bonds. The van der Waals surface area contributed by atoms with Crippen molar-refractivity contribution >= 4 is 51.9 Å². The number of halogens is 2. The lowest BCUT2D eigenvalue weighted by atomic mass is 10.0. The predicted molar refractivity (Wildman–Crippen MR) is 110 cm³/mol. The van der Waals surface area contributed by atoms with Crippen LogP contribution in [0.5, 0.6) is 0 Å². The summed E-state index contributed by atoms with van der Waals surface area (Å²) in [6.07, 6.45) is 5.17. The van der Waals surface area contributed by atoms with Crippen LogP contribution in [-0.2, 0) is 33.6 Å². The smallest absolute Gasteiger partial charge is 0.311 e. The molecule has 0 unspecified atom stereocenters. The molecule has 0 saturated heterocycles. The molecule has 150 valence electrons. The molecule has 1 aliphatic carbocycles. The van der Waals surface area contributed by atoms with Gasteiger partial charge in [-0.25, -0.2) is 4.98 Å². The fourth-order valence-corrected chi connectivity index (χ4v) is 3.89. The molecule has 2 heterocycles. The maximum Gasteiger partial charge on any atom is 0.311 e. The van der Waals surface area contributed by atoms with Crippen LogP contribution in [-0.4, -0.2) is 23.0 Å². The van der Waals surface area contributed by atoms with Crippen molar-refractivity contribution in [2.75, 3.05) is 5.32 Å². The van der Waals surface area contributed by atoms with E-state index in [0.29, 0.717) is 5.02 Å². The molecule has 0 radical (unpaired) electrons. The van der Waals surface area contributed by atoms with Gasteiger partial charge in [-0.2, -0.15) is 0 Å². The van der Waals surface area contributed by atoms with E-state index in [9.17, 15) is 9.59 Å². The van der Waals surface area contributed by atoms with E-state index in [-0.39, 0.29) is 17.3 Å². The zero-order valence-electron chi connectivity index (χ0n) is 15.6. The van der Waals surface area contributed by atoms with Gasteiger partial charge in [0, 0.05) is 17.1 Å². The van der Waals surface area contributed by atoms with E-state index in [2.05, 4.69) is 16.4 Å². The van der Waals surface area contributed by atoms with Crippen molar-refractivity contribution in [2.45, 2.75) is 38.7 Å². The summed E-state index contributed by atoms with van der Waals surface area (Å²) in [5.41, 5.74) is 4.12. The van der Waals surface area contributed by atoms with Crippen LogP contribution < -0.4 is 5.32 Å². The van der Waals surface area contributed by atoms with Gasteiger partial charge in [0.2, 0.25) is 0 Å². The summed E-state index contributed by atoms with van der Waals surface area (Å²) in [7, 11) is 0. The molecule has 1 N–H and O–H groups in total. The molecule has 0 aliphatic heterocycles. The highest BCUT2D eigenvalue weighted by atomic mass is 35.5. The maximum absolute atomic E-state index is 12.4. The Morgan fingerprint density at radius 3 is 2.76 bits per heavy atom. The van der Waals surface area contributed by atoms with Gasteiger partial charge < -0.3 is 14.5 Å². The molecule has 0 bridgehead atoms. The van der Waals surface area contributed by atoms with E-state index in [0.717, 1.165) is 35.8 Å². The molecule has 1 atom stereocenters. The first-order valence-corrected chi connectivity index (χ1v) is 9.99. The molecule has 0 spiro atoms. The molecule has 1 aromatic carbocycles. The summed E-state index contributed by atoms with van der Waals surface area (Å²) < 4.78 is 10.9. The summed E-state index contributed by atoms with van der Waals surface area (Å²) in [6.45, 7) is 1.48. The molecular weight excluding hydrogens is 415 g/mol. The van der Waals surface area contributed by atoms with Gasteiger partial charge in [-0.3, -0.25) is 9.59 Å². The van der Waals surface area contributed by atoms with Gasteiger partial charge in [-0.1, -0.05) is 23.2 Å². The largest absolute Gasteiger partial charge is 0.464 e. The monoisotopic (exact) mass is 432 g/mol. The molecular formula is C21H18Cl2N2O4. The summed E-state index contributed by atoms with van der Waals surface area (Å²) in [4.78, 5) is 28.6. The van der Waals surface area contributed by atoms with Crippen molar-refractivity contribution in [1.29, 1.82) is 0 Å². The number of anilines is 1. The first kappa shape index (κ1) is 19.7. The Bertz CT molecular complexity index is 1110. The number of nitrogens with zero attached hydrogens (tertiary/aromatic N) is 1. The fourth-order valence-electron chi connectivity index (χ4n) is 3.46. The van der Waals surface area contributed by atoms with Crippen LogP contribution >= 0.6 is 23.2 Å². The number of fused-ring (bicyclic) bond motifs is 2. The summed E-state index contributed by atoms with van der Waals surface area (Å²) in [6, 6.07) is 5.60. The zero-order valence-corrected chi connectivity index (χ0v) is 17.1. The lowest BCUT2D eigenvalue weighted by molar-refractivity contribution is -0.152. The van der Waals surface area contributed by atoms with E-state index in [1.165, 1.54) is 30.3 Å². The number of pyridine rings is 1. The van der Waals surface area contributed by atoms with Crippen LogP contribution in [0.2, 0.25) is 10.0 Å². The summed E-state index contributed by atoms with van der Waals surface area (Å²) in [5, 5.41) is 3.99. The molecule has 2 aromatic heterocycles. The Hall–Kier alpha value is -2.57. The zero-order chi connectivity index (χ0) is 20.5. The molecule has 3 aromatic rings. The molecule has 8 heteroatoms. The number of hydrogen-bond acceptors (Lipinski definition) is 5. The second kappa shape index (κ2) is 8.05. The van der Waals surface area contributed by atoms with Crippen LogP contribution in [0.4, 0.5) is 5.82 Å². The Morgan fingerprint density at radius 2 is 2.00 bits per heavy atom. The van der Waals surface area contributed by atoms with E-state index in [4.69, 9.17) is 32.4 Å². The Balaban J connectivity index is 1.40. The minimum Gasteiger partial charge on any atom is -0.464 e. The highest BCUT2D eigenvalue weighted by Gasteiger charge is 2.22. The number of carbonyl (C=O) groups is 2. The number of hydrogen-bond donors (Lipinski definition) is 1. The molecule has 4 rings (SSSR count). The van der Waals surface area contributed by atoms with Crippen LogP contribution in [0.1, 0.15) is 30.0 Å². The van der Waals surface area contributed by atoms with Gasteiger partial charge in [0.05, 0.1) is 22.7 Å². The van der Waals surface area contributed by atoms with Gasteiger partial charge >= 0.3 is 5.97 Å². The standard InChI is InChI=1S/C21H18Cl2N2O4/c1-11(21(27)25-20-17(23)8-15(22)9-24-20)29-19(26)7-14-10-28-18-6-13-4-2-3-12(13)5-16(14)18/h5-6,8-11H,2-4,7H2,1H3,(H,24,25,27)/t11-/m0/s1. The van der Waals surface area contributed by atoms with Gasteiger partial charge in [0.1, 0.15) is 5.58 Å². The van der Waals surface area contributed by atoms with Gasteiger partial charge in [-0.15, -0.1) is 0 Å². The number of nitrogens with one attached hydrogen (secondary N) is 1. The number of aryl methyl sites for hydroxylation is 2. The summed E-state index contributed by atoms with van der Waals surface area (Å²) >= 11 is 11.8. The van der Waals surface area contributed by atoms with Gasteiger partial charge in [0.25, 0.3) is 5.91 Å². The second-order valence-electron chi connectivity index (χ2n) is 7.01. The predicted octanol–water partition coefficient (Wildman–Crippen LogP) is 4.74. The number of aromatic nitrogens is 1. The number of furan rings is 1. The third kappa shape index (κ3) is 4.23. The van der Waals surface area contributed by atoms with Gasteiger partial charge in [-0.05, 0) is 55.5 Å². The number of rotatable bonds is 5. The Labute approximate surface area is 177 Å². The van der Waals surface area contributed by atoms with Crippen molar-refractivity contribution in [3.05, 3.63) is 57.4 Å². The van der Waals surface area contributed by atoms with Crippen molar-refractivity contribution < 1.29 is 18.7 Å². The van der Waals surface area contributed by atoms with Crippen molar-refractivity contribution in [3.63, 3.8) is 0 Å². The average Bonchev–Trinajstić information content (AvgIpc) is 3.28. The topological polar surface area (TPSA) is 81.4 Å². The van der Waals surface area contributed by atoms with E-state index >= 15 is 0 Å².